The van der Waals surface area contributed by atoms with Gasteiger partial charge in [0.25, 0.3) is 0 Å². The molecule has 1 aliphatic heterocycles. The molecule has 8 nitrogen and oxygen atoms in total. The second kappa shape index (κ2) is 9.72. The normalized spacial score (nSPS) is 14.3. The van der Waals surface area contributed by atoms with Gasteiger partial charge in [-0.25, -0.2) is 9.59 Å². The van der Waals surface area contributed by atoms with Crippen molar-refractivity contribution >= 4 is 27.6 Å². The monoisotopic (exact) mass is 510 g/mol. The lowest BCUT2D eigenvalue weighted by Gasteiger charge is -2.36. The van der Waals surface area contributed by atoms with Crippen molar-refractivity contribution in [1.82, 2.24) is 4.90 Å². The number of para-hydroxylation sites is 2. The predicted octanol–water partition coefficient (Wildman–Crippen LogP) is 4.60. The molecule has 1 aliphatic rings. The van der Waals surface area contributed by atoms with E-state index in [9.17, 15) is 14.7 Å². The molecule has 2 aromatic heterocycles. The highest BCUT2D eigenvalue weighted by Crippen LogP contribution is 2.35. The lowest BCUT2D eigenvalue weighted by atomic mass is 9.99. The van der Waals surface area contributed by atoms with E-state index in [1.165, 1.54) is 18.9 Å². The van der Waals surface area contributed by atoms with Crippen LogP contribution in [0.1, 0.15) is 5.56 Å². The van der Waals surface area contributed by atoms with Crippen LogP contribution in [0.2, 0.25) is 0 Å². The second-order valence-corrected chi connectivity index (χ2v) is 9.34. The number of phenols is 1. The number of benzene rings is 3. The average molecular weight is 511 g/mol. The zero-order valence-electron chi connectivity index (χ0n) is 20.8. The van der Waals surface area contributed by atoms with Gasteiger partial charge in [0.2, 0.25) is 0 Å². The Morgan fingerprint density at radius 1 is 0.842 bits per heavy atom. The molecule has 3 aromatic carbocycles. The molecule has 0 aliphatic carbocycles. The van der Waals surface area contributed by atoms with E-state index in [0.29, 0.717) is 39.8 Å². The van der Waals surface area contributed by atoms with Crippen molar-refractivity contribution in [3.05, 3.63) is 99.2 Å². The molecule has 0 unspecified atom stereocenters. The third kappa shape index (κ3) is 4.29. The standard InChI is InChI=1S/C30H26N2O6/c1-36-26-9-5-6-19-16-23(30(35)38-28(19)26)22-17-27(34)37-29-21(22)10-11-25(33)24(29)18-31-12-14-32(15-13-31)20-7-3-2-4-8-20/h2-11,16-17,33H,12-15,18H2,1H3. The third-order valence-corrected chi connectivity index (χ3v) is 7.10. The maximum Gasteiger partial charge on any atom is 0.344 e. The van der Waals surface area contributed by atoms with Gasteiger partial charge in [0.1, 0.15) is 11.3 Å². The summed E-state index contributed by atoms with van der Waals surface area (Å²) in [7, 11) is 1.51. The highest BCUT2D eigenvalue weighted by molar-refractivity contribution is 5.97. The van der Waals surface area contributed by atoms with Gasteiger partial charge >= 0.3 is 11.3 Å². The van der Waals surface area contributed by atoms with Crippen molar-refractivity contribution in [3.8, 4) is 22.6 Å². The van der Waals surface area contributed by atoms with Crippen molar-refractivity contribution in [3.63, 3.8) is 0 Å². The fourth-order valence-electron chi connectivity index (χ4n) is 5.14. The molecule has 0 amide bonds. The zero-order chi connectivity index (χ0) is 26.2. The smallest absolute Gasteiger partial charge is 0.344 e. The minimum absolute atomic E-state index is 0.0403. The number of ether oxygens (including phenoxy) is 1. The van der Waals surface area contributed by atoms with Crippen molar-refractivity contribution in [2.24, 2.45) is 0 Å². The van der Waals surface area contributed by atoms with Gasteiger partial charge in [-0.3, -0.25) is 4.90 Å². The van der Waals surface area contributed by atoms with Gasteiger partial charge in [-0.1, -0.05) is 30.3 Å². The SMILES string of the molecule is COc1cccc2cc(-c3cc(=O)oc4c(CN5CCN(c6ccccc6)CC5)c(O)ccc34)c(=O)oc12. The molecule has 192 valence electrons. The summed E-state index contributed by atoms with van der Waals surface area (Å²) >= 11 is 0. The van der Waals surface area contributed by atoms with Gasteiger partial charge in [0.05, 0.1) is 18.2 Å². The first-order chi connectivity index (χ1) is 18.5. The van der Waals surface area contributed by atoms with E-state index in [1.54, 1.807) is 30.3 Å². The van der Waals surface area contributed by atoms with E-state index >= 15 is 0 Å². The van der Waals surface area contributed by atoms with Crippen molar-refractivity contribution in [2.75, 3.05) is 38.2 Å². The molecule has 1 fully saturated rings. The van der Waals surface area contributed by atoms with Gasteiger partial charge in [0.15, 0.2) is 11.3 Å². The maximum absolute atomic E-state index is 13.1. The minimum Gasteiger partial charge on any atom is -0.507 e. The van der Waals surface area contributed by atoms with E-state index in [2.05, 4.69) is 21.9 Å². The molecule has 3 heterocycles. The number of fused-ring (bicyclic) bond motifs is 2. The summed E-state index contributed by atoms with van der Waals surface area (Å²) in [6.45, 7) is 3.65. The van der Waals surface area contributed by atoms with E-state index in [-0.39, 0.29) is 16.9 Å². The number of hydrogen-bond acceptors (Lipinski definition) is 8. The van der Waals surface area contributed by atoms with E-state index < -0.39 is 11.3 Å². The van der Waals surface area contributed by atoms with Crippen LogP contribution >= 0.6 is 0 Å². The molecular weight excluding hydrogens is 484 g/mol. The summed E-state index contributed by atoms with van der Waals surface area (Å²) in [4.78, 5) is 30.3. The van der Waals surface area contributed by atoms with Crippen LogP contribution in [0.25, 0.3) is 33.1 Å². The lowest BCUT2D eigenvalue weighted by molar-refractivity contribution is 0.246. The molecule has 0 saturated carbocycles. The summed E-state index contributed by atoms with van der Waals surface area (Å²) in [6, 6.07) is 21.8. The molecule has 0 bridgehead atoms. The topological polar surface area (TPSA) is 96.4 Å². The summed E-state index contributed by atoms with van der Waals surface area (Å²) in [5, 5.41) is 12.0. The molecule has 8 heteroatoms. The Kier molecular flexibility index (Phi) is 6.09. The van der Waals surface area contributed by atoms with Crippen LogP contribution in [0, 0.1) is 0 Å². The Hall–Kier alpha value is -4.56. The van der Waals surface area contributed by atoms with E-state index in [1.807, 2.05) is 24.3 Å². The van der Waals surface area contributed by atoms with Gasteiger partial charge < -0.3 is 23.6 Å². The first-order valence-corrected chi connectivity index (χ1v) is 12.4. The second-order valence-electron chi connectivity index (χ2n) is 9.34. The van der Waals surface area contributed by atoms with Gasteiger partial charge in [-0.15, -0.1) is 0 Å². The number of hydrogen-bond donors (Lipinski definition) is 1. The molecule has 0 atom stereocenters. The third-order valence-electron chi connectivity index (χ3n) is 7.10. The van der Waals surface area contributed by atoms with Crippen LogP contribution in [0.4, 0.5) is 5.69 Å². The Morgan fingerprint density at radius 3 is 2.39 bits per heavy atom. The first kappa shape index (κ1) is 23.8. The van der Waals surface area contributed by atoms with Crippen LogP contribution in [-0.2, 0) is 6.54 Å². The predicted molar refractivity (Wildman–Crippen MR) is 146 cm³/mol. The van der Waals surface area contributed by atoms with E-state index in [0.717, 1.165) is 26.2 Å². The van der Waals surface area contributed by atoms with Crippen LogP contribution < -0.4 is 20.9 Å². The van der Waals surface area contributed by atoms with Gasteiger partial charge in [0, 0.05) is 60.8 Å². The molecule has 0 radical (unpaired) electrons. The van der Waals surface area contributed by atoms with Crippen LogP contribution in [-0.4, -0.2) is 43.3 Å². The Labute approximate surface area is 217 Å². The zero-order valence-corrected chi connectivity index (χ0v) is 20.8. The number of phenolic OH excluding ortho intramolecular Hbond substituents is 1. The number of anilines is 1. The number of rotatable bonds is 5. The highest BCUT2D eigenvalue weighted by Gasteiger charge is 2.22. The number of piperazine rings is 1. The fraction of sp³-hybridized carbons (Fsp3) is 0.200. The Balaban J connectivity index is 1.38. The quantitative estimate of drug-likeness (QED) is 0.343. The van der Waals surface area contributed by atoms with E-state index in [4.69, 9.17) is 13.6 Å². The highest BCUT2D eigenvalue weighted by atomic mass is 16.5. The van der Waals surface area contributed by atoms with Gasteiger partial charge in [-0.05, 0) is 36.4 Å². The molecule has 6 rings (SSSR count). The molecule has 38 heavy (non-hydrogen) atoms. The maximum atomic E-state index is 13.1. The molecule has 5 aromatic rings. The summed E-state index contributed by atoms with van der Waals surface area (Å²) in [6.07, 6.45) is 0. The number of methoxy groups -OCH3 is 1. The summed E-state index contributed by atoms with van der Waals surface area (Å²) in [5.74, 6) is 0.488. The number of nitrogens with zero attached hydrogens (tertiary/aromatic N) is 2. The molecule has 1 N–H and O–H groups in total. The Bertz CT molecular complexity index is 1750. The van der Waals surface area contributed by atoms with Crippen LogP contribution in [0.5, 0.6) is 11.5 Å². The largest absolute Gasteiger partial charge is 0.507 e. The average Bonchev–Trinajstić information content (AvgIpc) is 2.94. The molecular formula is C30H26N2O6. The minimum atomic E-state index is -0.613. The molecule has 1 saturated heterocycles. The number of aromatic hydroxyl groups is 1. The fourth-order valence-corrected chi connectivity index (χ4v) is 5.14. The summed E-state index contributed by atoms with van der Waals surface area (Å²) in [5.41, 5.74) is 1.72. The van der Waals surface area contributed by atoms with Crippen LogP contribution in [0.3, 0.4) is 0 Å². The van der Waals surface area contributed by atoms with Gasteiger partial charge in [-0.2, -0.15) is 0 Å². The Morgan fingerprint density at radius 2 is 1.63 bits per heavy atom. The lowest BCUT2D eigenvalue weighted by Crippen LogP contribution is -2.46. The van der Waals surface area contributed by atoms with Crippen molar-refractivity contribution < 1.29 is 18.7 Å². The molecule has 0 spiro atoms. The van der Waals surface area contributed by atoms with Crippen molar-refractivity contribution in [1.29, 1.82) is 0 Å². The first-order valence-electron chi connectivity index (χ1n) is 12.4. The summed E-state index contributed by atoms with van der Waals surface area (Å²) < 4.78 is 16.5. The van der Waals surface area contributed by atoms with Crippen LogP contribution in [0.15, 0.2) is 91.2 Å². The van der Waals surface area contributed by atoms with Crippen molar-refractivity contribution in [2.45, 2.75) is 6.54 Å².